The quantitative estimate of drug-likeness (QED) is 0.491. The number of nitro benzene ring substituents is 1. The summed E-state index contributed by atoms with van der Waals surface area (Å²) in [5, 5.41) is 16.5. The second-order valence-corrected chi connectivity index (χ2v) is 5.47. The highest BCUT2D eigenvalue weighted by Gasteiger charge is 2.11. The predicted octanol–water partition coefficient (Wildman–Crippen LogP) is 3.58. The summed E-state index contributed by atoms with van der Waals surface area (Å²) < 4.78 is 1.78. The third-order valence-corrected chi connectivity index (χ3v) is 4.08. The van der Waals surface area contributed by atoms with Gasteiger partial charge < -0.3 is 0 Å². The van der Waals surface area contributed by atoms with Gasteiger partial charge in [0.15, 0.2) is 0 Å². The molecule has 0 unspecified atom stereocenters. The molecule has 0 bridgehead atoms. The molecule has 0 saturated carbocycles. The lowest BCUT2D eigenvalue weighted by atomic mass is 10.2. The van der Waals surface area contributed by atoms with Crippen molar-refractivity contribution in [3.63, 3.8) is 0 Å². The van der Waals surface area contributed by atoms with Crippen LogP contribution in [0.25, 0.3) is 0 Å². The van der Waals surface area contributed by atoms with Crippen LogP contribution in [0.5, 0.6) is 0 Å². The van der Waals surface area contributed by atoms with Crippen LogP contribution < -0.4 is 0 Å². The van der Waals surface area contributed by atoms with Crippen molar-refractivity contribution in [1.82, 2.24) is 9.78 Å². The maximum absolute atomic E-state index is 10.7. The number of halogens is 1. The molecule has 1 aromatic heterocycles. The van der Waals surface area contributed by atoms with Gasteiger partial charge in [-0.1, -0.05) is 11.6 Å². The third-order valence-electron chi connectivity index (χ3n) is 2.57. The van der Waals surface area contributed by atoms with Gasteiger partial charge in [-0.15, -0.1) is 11.8 Å². The van der Waals surface area contributed by atoms with Crippen LogP contribution in [0.15, 0.2) is 29.3 Å². The number of nitrogens with zero attached hydrogens (tertiary/aromatic N) is 3. The number of aromatic nitrogens is 2. The Morgan fingerprint density at radius 3 is 2.79 bits per heavy atom. The van der Waals surface area contributed by atoms with Crippen LogP contribution in [0.3, 0.4) is 0 Å². The molecule has 1 aromatic carbocycles. The van der Waals surface area contributed by atoms with Gasteiger partial charge in [0, 0.05) is 30.0 Å². The summed E-state index contributed by atoms with van der Waals surface area (Å²) in [6.07, 6.45) is 0. The molecule has 0 radical (unpaired) electrons. The largest absolute Gasteiger partial charge is 0.269 e. The molecule has 0 aliphatic rings. The van der Waals surface area contributed by atoms with Crippen molar-refractivity contribution in [2.45, 2.75) is 17.7 Å². The van der Waals surface area contributed by atoms with Crippen molar-refractivity contribution in [3.8, 4) is 0 Å². The van der Waals surface area contributed by atoms with E-state index in [1.807, 2.05) is 20.0 Å². The van der Waals surface area contributed by atoms with E-state index in [1.54, 1.807) is 22.5 Å². The average molecular weight is 298 g/mol. The summed E-state index contributed by atoms with van der Waals surface area (Å²) in [5.74, 6) is 0.569. The van der Waals surface area contributed by atoms with E-state index in [2.05, 4.69) is 5.10 Å². The zero-order valence-corrected chi connectivity index (χ0v) is 12.0. The van der Waals surface area contributed by atoms with Gasteiger partial charge in [-0.3, -0.25) is 14.8 Å². The summed E-state index contributed by atoms with van der Waals surface area (Å²) in [6, 6.07) is 6.45. The van der Waals surface area contributed by atoms with Gasteiger partial charge in [0.1, 0.15) is 0 Å². The minimum atomic E-state index is -0.418. The number of non-ortho nitro benzene ring substituents is 1. The Labute approximate surface area is 119 Å². The molecule has 100 valence electrons. The number of rotatable bonds is 4. The molecule has 19 heavy (non-hydrogen) atoms. The Kier molecular flexibility index (Phi) is 4.11. The Bertz CT molecular complexity index is 627. The van der Waals surface area contributed by atoms with Gasteiger partial charge >= 0.3 is 0 Å². The van der Waals surface area contributed by atoms with Gasteiger partial charge in [0.25, 0.3) is 5.69 Å². The summed E-state index contributed by atoms with van der Waals surface area (Å²) in [6.45, 7) is 1.92. The molecule has 2 rings (SSSR count). The molecule has 0 aliphatic heterocycles. The maximum Gasteiger partial charge on any atom is 0.269 e. The SMILES string of the molecule is Cc1cc(SCc2cc([N+](=O)[O-])ccc2Cl)n(C)n1. The molecular formula is C12H12ClN3O2S. The molecule has 0 atom stereocenters. The molecule has 0 spiro atoms. The molecule has 0 saturated heterocycles. The number of hydrogen-bond donors (Lipinski definition) is 0. The van der Waals surface area contributed by atoms with Gasteiger partial charge in [-0.2, -0.15) is 5.10 Å². The fourth-order valence-electron chi connectivity index (χ4n) is 1.66. The normalized spacial score (nSPS) is 10.7. The lowest BCUT2D eigenvalue weighted by molar-refractivity contribution is -0.384. The monoisotopic (exact) mass is 297 g/mol. The lowest BCUT2D eigenvalue weighted by Crippen LogP contribution is -1.94. The smallest absolute Gasteiger partial charge is 0.262 e. The van der Waals surface area contributed by atoms with Crippen molar-refractivity contribution >= 4 is 29.1 Å². The van der Waals surface area contributed by atoms with E-state index < -0.39 is 4.92 Å². The van der Waals surface area contributed by atoms with Crippen LogP contribution >= 0.6 is 23.4 Å². The Balaban J connectivity index is 2.17. The zero-order chi connectivity index (χ0) is 14.0. The van der Waals surface area contributed by atoms with Gasteiger partial charge in [-0.25, -0.2) is 0 Å². The first-order valence-electron chi connectivity index (χ1n) is 5.53. The van der Waals surface area contributed by atoms with Crippen LogP contribution in [0, 0.1) is 17.0 Å². The van der Waals surface area contributed by atoms with E-state index in [-0.39, 0.29) is 5.69 Å². The molecule has 0 aliphatic carbocycles. The Morgan fingerprint density at radius 2 is 2.21 bits per heavy atom. The minimum Gasteiger partial charge on any atom is -0.262 e. The van der Waals surface area contributed by atoms with E-state index in [1.165, 1.54) is 12.1 Å². The zero-order valence-electron chi connectivity index (χ0n) is 10.5. The van der Waals surface area contributed by atoms with Crippen LogP contribution in [-0.4, -0.2) is 14.7 Å². The number of nitro groups is 1. The summed E-state index contributed by atoms with van der Waals surface area (Å²) in [7, 11) is 1.87. The minimum absolute atomic E-state index is 0.0567. The first-order valence-corrected chi connectivity index (χ1v) is 6.90. The van der Waals surface area contributed by atoms with Crippen LogP contribution in [0.4, 0.5) is 5.69 Å². The molecule has 0 fully saturated rings. The highest BCUT2D eigenvalue weighted by Crippen LogP contribution is 2.29. The number of hydrogen-bond acceptors (Lipinski definition) is 4. The molecule has 0 amide bonds. The van der Waals surface area contributed by atoms with Crippen LogP contribution in [-0.2, 0) is 12.8 Å². The van der Waals surface area contributed by atoms with Crippen LogP contribution in [0.2, 0.25) is 5.02 Å². The average Bonchev–Trinajstić information content (AvgIpc) is 2.66. The molecule has 7 heteroatoms. The second-order valence-electron chi connectivity index (χ2n) is 4.07. The maximum atomic E-state index is 10.7. The van der Waals surface area contributed by atoms with E-state index in [4.69, 9.17) is 11.6 Å². The summed E-state index contributed by atoms with van der Waals surface area (Å²) in [5.41, 5.74) is 1.75. The van der Waals surface area contributed by atoms with Crippen molar-refractivity contribution in [1.29, 1.82) is 0 Å². The van der Waals surface area contributed by atoms with Crippen molar-refractivity contribution in [3.05, 3.63) is 50.7 Å². The van der Waals surface area contributed by atoms with E-state index >= 15 is 0 Å². The first-order chi connectivity index (χ1) is 8.97. The lowest BCUT2D eigenvalue weighted by Gasteiger charge is -2.04. The standard InChI is InChI=1S/C12H12ClN3O2S/c1-8-5-12(15(2)14-8)19-7-9-6-10(16(17)18)3-4-11(9)13/h3-6H,7H2,1-2H3. The van der Waals surface area contributed by atoms with Gasteiger partial charge in [0.2, 0.25) is 0 Å². The van der Waals surface area contributed by atoms with Crippen molar-refractivity contribution < 1.29 is 4.92 Å². The van der Waals surface area contributed by atoms with Crippen molar-refractivity contribution in [2.75, 3.05) is 0 Å². The number of thioether (sulfide) groups is 1. The number of aryl methyl sites for hydroxylation is 2. The first kappa shape index (κ1) is 13.9. The molecule has 5 nitrogen and oxygen atoms in total. The Hall–Kier alpha value is -1.53. The van der Waals surface area contributed by atoms with E-state index in [9.17, 15) is 10.1 Å². The molecular weight excluding hydrogens is 286 g/mol. The molecule has 0 N–H and O–H groups in total. The molecule has 1 heterocycles. The number of benzene rings is 1. The third kappa shape index (κ3) is 3.27. The highest BCUT2D eigenvalue weighted by molar-refractivity contribution is 7.98. The van der Waals surface area contributed by atoms with Crippen molar-refractivity contribution in [2.24, 2.45) is 7.05 Å². The fraction of sp³-hybridized carbons (Fsp3) is 0.250. The summed E-state index contributed by atoms with van der Waals surface area (Å²) >= 11 is 7.60. The Morgan fingerprint density at radius 1 is 1.47 bits per heavy atom. The second kappa shape index (κ2) is 5.63. The molecule has 2 aromatic rings. The topological polar surface area (TPSA) is 61.0 Å². The van der Waals surface area contributed by atoms with E-state index in [0.717, 1.165) is 16.3 Å². The van der Waals surface area contributed by atoms with Gasteiger partial charge in [0.05, 0.1) is 15.6 Å². The van der Waals surface area contributed by atoms with Crippen LogP contribution in [0.1, 0.15) is 11.3 Å². The highest BCUT2D eigenvalue weighted by atomic mass is 35.5. The fourth-order valence-corrected chi connectivity index (χ4v) is 2.95. The predicted molar refractivity (Wildman–Crippen MR) is 75.6 cm³/mol. The summed E-state index contributed by atoms with van der Waals surface area (Å²) in [4.78, 5) is 10.3. The van der Waals surface area contributed by atoms with Gasteiger partial charge in [-0.05, 0) is 24.6 Å². The van der Waals surface area contributed by atoms with E-state index in [0.29, 0.717) is 10.8 Å².